The highest BCUT2D eigenvalue weighted by Crippen LogP contribution is 2.18. The Kier molecular flexibility index (Phi) is 6.74. The van der Waals surface area contributed by atoms with Gasteiger partial charge in [-0.25, -0.2) is 8.42 Å². The molecule has 2 aromatic rings. The summed E-state index contributed by atoms with van der Waals surface area (Å²) >= 11 is 0. The Morgan fingerprint density at radius 1 is 1.00 bits per heavy atom. The van der Waals surface area contributed by atoms with Crippen LogP contribution in [0.1, 0.15) is 37.4 Å². The predicted molar refractivity (Wildman–Crippen MR) is 102 cm³/mol. The van der Waals surface area contributed by atoms with E-state index in [9.17, 15) is 18.0 Å². The Hall–Kier alpha value is -2.67. The van der Waals surface area contributed by atoms with Crippen LogP contribution in [0.25, 0.3) is 0 Å². The highest BCUT2D eigenvalue weighted by Gasteiger charge is 2.20. The summed E-state index contributed by atoms with van der Waals surface area (Å²) in [5.74, 6) is -1.34. The molecule has 0 aliphatic heterocycles. The zero-order chi connectivity index (χ0) is 20.0. The third-order valence-electron chi connectivity index (χ3n) is 4.15. The number of carbonyl (C=O) groups excluding carboxylic acids is 1. The number of amides is 1. The van der Waals surface area contributed by atoms with Crippen LogP contribution >= 0.6 is 0 Å². The fourth-order valence-electron chi connectivity index (χ4n) is 2.61. The van der Waals surface area contributed by atoms with Gasteiger partial charge in [0.05, 0.1) is 29.0 Å². The maximum Gasteiger partial charge on any atom is 0.305 e. The Morgan fingerprint density at radius 2 is 1.59 bits per heavy atom. The van der Waals surface area contributed by atoms with Crippen LogP contribution in [0.15, 0.2) is 59.5 Å². The maximum atomic E-state index is 12.3. The lowest BCUT2D eigenvalue weighted by Gasteiger charge is -2.17. The molecule has 1 atom stereocenters. The van der Waals surface area contributed by atoms with E-state index >= 15 is 0 Å². The minimum absolute atomic E-state index is 0.0327. The average molecular weight is 389 g/mol. The molecule has 0 bridgehead atoms. The average Bonchev–Trinajstić information content (AvgIpc) is 2.62. The third kappa shape index (κ3) is 5.65. The van der Waals surface area contributed by atoms with Gasteiger partial charge in [-0.15, -0.1) is 0 Å². The van der Waals surface area contributed by atoms with Gasteiger partial charge in [0.2, 0.25) is 5.91 Å². The summed E-state index contributed by atoms with van der Waals surface area (Å²) in [5.41, 5.74) is 1.36. The quantitative estimate of drug-likeness (QED) is 0.723. The summed E-state index contributed by atoms with van der Waals surface area (Å²) in [6.45, 7) is 3.23. The molecule has 7 heteroatoms. The highest BCUT2D eigenvalue weighted by molar-refractivity contribution is 7.92. The van der Waals surface area contributed by atoms with Gasteiger partial charge in [-0.1, -0.05) is 42.5 Å². The summed E-state index contributed by atoms with van der Waals surface area (Å²) < 4.78 is 24.3. The number of benzene rings is 2. The van der Waals surface area contributed by atoms with E-state index in [1.54, 1.807) is 50.2 Å². The number of hydrogen-bond donors (Lipinski definition) is 2. The topological polar surface area (TPSA) is 101 Å². The monoisotopic (exact) mass is 389 g/mol. The number of nitrogens with one attached hydrogen (secondary N) is 1. The minimum atomic E-state index is -3.36. The van der Waals surface area contributed by atoms with Crippen LogP contribution in [0.3, 0.4) is 0 Å². The van der Waals surface area contributed by atoms with E-state index in [0.29, 0.717) is 11.1 Å². The number of hydrogen-bond acceptors (Lipinski definition) is 4. The molecule has 1 unspecified atom stereocenters. The van der Waals surface area contributed by atoms with Crippen molar-refractivity contribution in [3.8, 4) is 0 Å². The van der Waals surface area contributed by atoms with Crippen molar-refractivity contribution >= 4 is 21.7 Å². The van der Waals surface area contributed by atoms with Crippen LogP contribution in [0.4, 0.5) is 0 Å². The van der Waals surface area contributed by atoms with Crippen molar-refractivity contribution in [2.24, 2.45) is 0 Å². The Bertz CT molecular complexity index is 890. The molecule has 0 heterocycles. The number of sulfone groups is 1. The number of carboxylic acid groups (broad SMARTS) is 1. The van der Waals surface area contributed by atoms with Gasteiger partial charge in [-0.2, -0.15) is 0 Å². The molecular formula is C20H23NO5S. The van der Waals surface area contributed by atoms with Crippen molar-refractivity contribution in [1.82, 2.24) is 5.32 Å². The highest BCUT2D eigenvalue weighted by atomic mass is 32.2. The van der Waals surface area contributed by atoms with Crippen LogP contribution in [0.2, 0.25) is 0 Å². The van der Waals surface area contributed by atoms with Crippen molar-refractivity contribution in [2.45, 2.75) is 42.9 Å². The second-order valence-corrected chi connectivity index (χ2v) is 9.05. The molecule has 2 N–H and O–H groups in total. The van der Waals surface area contributed by atoms with Crippen LogP contribution in [0.5, 0.6) is 0 Å². The Morgan fingerprint density at radius 3 is 2.11 bits per heavy atom. The molecule has 6 nitrogen and oxygen atoms in total. The van der Waals surface area contributed by atoms with Crippen molar-refractivity contribution in [3.05, 3.63) is 65.7 Å². The summed E-state index contributed by atoms with van der Waals surface area (Å²) in [7, 11) is -3.36. The van der Waals surface area contributed by atoms with Gasteiger partial charge in [-0.05, 0) is 37.1 Å². The Balaban J connectivity index is 2.08. The molecule has 0 aromatic heterocycles. The van der Waals surface area contributed by atoms with Gasteiger partial charge in [0.1, 0.15) is 0 Å². The summed E-state index contributed by atoms with van der Waals surface area (Å²) in [6, 6.07) is 14.5. The number of rotatable bonds is 8. The van der Waals surface area contributed by atoms with E-state index in [1.165, 1.54) is 12.1 Å². The lowest BCUT2D eigenvalue weighted by Crippen LogP contribution is -2.31. The summed E-state index contributed by atoms with van der Waals surface area (Å²) in [6.07, 6.45) is -0.188. The zero-order valence-electron chi connectivity index (χ0n) is 15.3. The fraction of sp³-hybridized carbons (Fsp3) is 0.300. The van der Waals surface area contributed by atoms with Crippen molar-refractivity contribution in [3.63, 3.8) is 0 Å². The molecule has 0 aliphatic rings. The molecular weight excluding hydrogens is 366 g/mol. The van der Waals surface area contributed by atoms with Gasteiger partial charge in [-0.3, -0.25) is 9.59 Å². The summed E-state index contributed by atoms with van der Waals surface area (Å²) in [4.78, 5) is 23.7. The molecule has 0 radical (unpaired) electrons. The fourth-order valence-corrected chi connectivity index (χ4v) is 3.67. The van der Waals surface area contributed by atoms with Gasteiger partial charge in [0.25, 0.3) is 0 Å². The van der Waals surface area contributed by atoms with Crippen LogP contribution in [-0.2, 0) is 25.8 Å². The normalized spacial score (nSPS) is 12.6. The van der Waals surface area contributed by atoms with E-state index in [4.69, 9.17) is 5.11 Å². The van der Waals surface area contributed by atoms with Crippen molar-refractivity contribution in [2.75, 3.05) is 0 Å². The molecule has 0 saturated heterocycles. The molecule has 144 valence electrons. The standard InChI is InChI=1S/C20H23NO5S/c1-14(2)27(25,26)17-10-8-15(9-11-17)12-19(22)21-18(13-20(23)24)16-6-4-3-5-7-16/h3-11,14,18H,12-13H2,1-2H3,(H,21,22)(H,23,24). The Labute approximate surface area is 159 Å². The van der Waals surface area contributed by atoms with E-state index in [-0.39, 0.29) is 23.6 Å². The second-order valence-electron chi connectivity index (χ2n) is 6.54. The molecule has 0 fully saturated rings. The first kappa shape index (κ1) is 20.6. The molecule has 2 rings (SSSR count). The minimum Gasteiger partial charge on any atom is -0.481 e. The third-order valence-corrected chi connectivity index (χ3v) is 6.32. The molecule has 1 amide bonds. The first-order valence-corrected chi connectivity index (χ1v) is 10.1. The summed E-state index contributed by atoms with van der Waals surface area (Å²) in [5, 5.41) is 11.3. The van der Waals surface area contributed by atoms with E-state index < -0.39 is 27.1 Å². The predicted octanol–water partition coefficient (Wildman–Crippen LogP) is 2.74. The lowest BCUT2D eigenvalue weighted by molar-refractivity contribution is -0.137. The number of carbonyl (C=O) groups is 2. The molecule has 2 aromatic carbocycles. The number of carboxylic acids is 1. The largest absolute Gasteiger partial charge is 0.481 e. The first-order chi connectivity index (χ1) is 12.7. The first-order valence-electron chi connectivity index (χ1n) is 8.59. The zero-order valence-corrected chi connectivity index (χ0v) is 16.1. The lowest BCUT2D eigenvalue weighted by atomic mass is 10.0. The van der Waals surface area contributed by atoms with Gasteiger partial charge < -0.3 is 10.4 Å². The molecule has 27 heavy (non-hydrogen) atoms. The number of aliphatic carboxylic acids is 1. The van der Waals surface area contributed by atoms with Gasteiger partial charge in [0.15, 0.2) is 9.84 Å². The van der Waals surface area contributed by atoms with E-state index in [1.807, 2.05) is 6.07 Å². The van der Waals surface area contributed by atoms with E-state index in [2.05, 4.69) is 5.32 Å². The maximum absolute atomic E-state index is 12.3. The molecule has 0 saturated carbocycles. The van der Waals surface area contributed by atoms with Crippen LogP contribution in [0, 0.1) is 0 Å². The van der Waals surface area contributed by atoms with Gasteiger partial charge >= 0.3 is 5.97 Å². The second kappa shape index (κ2) is 8.81. The van der Waals surface area contributed by atoms with Crippen molar-refractivity contribution < 1.29 is 23.1 Å². The van der Waals surface area contributed by atoms with Crippen LogP contribution < -0.4 is 5.32 Å². The smallest absolute Gasteiger partial charge is 0.305 e. The van der Waals surface area contributed by atoms with Gasteiger partial charge in [0, 0.05) is 0 Å². The van der Waals surface area contributed by atoms with Crippen LogP contribution in [-0.4, -0.2) is 30.7 Å². The molecule has 0 spiro atoms. The van der Waals surface area contributed by atoms with Crippen molar-refractivity contribution in [1.29, 1.82) is 0 Å². The molecule has 0 aliphatic carbocycles. The van der Waals surface area contributed by atoms with E-state index in [0.717, 1.165) is 0 Å². The SMILES string of the molecule is CC(C)S(=O)(=O)c1ccc(CC(=O)NC(CC(=O)O)c2ccccc2)cc1.